The van der Waals surface area contributed by atoms with Gasteiger partial charge in [0.2, 0.25) is 11.8 Å². The van der Waals surface area contributed by atoms with E-state index in [9.17, 15) is 14.0 Å². The third-order valence-electron chi connectivity index (χ3n) is 6.94. The van der Waals surface area contributed by atoms with Crippen molar-refractivity contribution in [3.05, 3.63) is 52.8 Å². The fourth-order valence-corrected chi connectivity index (χ4v) is 5.15. The van der Waals surface area contributed by atoms with Crippen LogP contribution in [0.25, 0.3) is 0 Å². The van der Waals surface area contributed by atoms with Crippen molar-refractivity contribution in [2.75, 3.05) is 58.4 Å². The van der Waals surface area contributed by atoms with Crippen LogP contribution in [0.1, 0.15) is 18.4 Å². The molecule has 2 aliphatic rings. The largest absolute Gasteiger partial charge is 0.497 e. The van der Waals surface area contributed by atoms with Crippen LogP contribution in [0.3, 0.4) is 0 Å². The van der Waals surface area contributed by atoms with E-state index in [1.165, 1.54) is 12.1 Å². The van der Waals surface area contributed by atoms with Crippen molar-refractivity contribution in [1.82, 2.24) is 15.5 Å². The summed E-state index contributed by atoms with van der Waals surface area (Å²) < 4.78 is 25.1. The lowest BCUT2D eigenvalue weighted by atomic mass is 9.86. The Labute approximate surface area is 215 Å². The number of hydrogen-bond donors (Lipinski definition) is 2. The lowest BCUT2D eigenvalue weighted by molar-refractivity contribution is -0.143. The zero-order valence-electron chi connectivity index (χ0n) is 20.6. The summed E-state index contributed by atoms with van der Waals surface area (Å²) in [5, 5.41) is 6.41. The van der Waals surface area contributed by atoms with E-state index in [1.54, 1.807) is 20.3 Å². The van der Waals surface area contributed by atoms with Gasteiger partial charge in [-0.3, -0.25) is 9.59 Å². The molecule has 2 saturated heterocycles. The van der Waals surface area contributed by atoms with Crippen molar-refractivity contribution in [3.63, 3.8) is 0 Å². The summed E-state index contributed by atoms with van der Waals surface area (Å²) in [5.74, 6) is 0.373. The van der Waals surface area contributed by atoms with Crippen molar-refractivity contribution < 1.29 is 23.5 Å². The van der Waals surface area contributed by atoms with Gasteiger partial charge in [-0.1, -0.05) is 17.7 Å². The van der Waals surface area contributed by atoms with Crippen molar-refractivity contribution in [2.24, 2.45) is 0 Å². The van der Waals surface area contributed by atoms with Crippen LogP contribution < -0.4 is 25.0 Å². The third kappa shape index (κ3) is 5.52. The highest BCUT2D eigenvalue weighted by molar-refractivity contribution is 6.31. The number of carbonyl (C=O) groups excluding carboxylic acids is 2. The van der Waals surface area contributed by atoms with Crippen LogP contribution in [0.4, 0.5) is 10.1 Å². The topological polar surface area (TPSA) is 83.1 Å². The van der Waals surface area contributed by atoms with Gasteiger partial charge in [-0.05, 0) is 50.2 Å². The SMILES string of the molecule is COc1ccc(N2CCN(C(=O)C3(NC(=O)Cc4c(F)cccc4Cl)CCNCC3)CC2)c(OC)c1. The summed E-state index contributed by atoms with van der Waals surface area (Å²) in [6.07, 6.45) is 0.712. The van der Waals surface area contributed by atoms with Crippen LogP contribution in [0.15, 0.2) is 36.4 Å². The molecule has 194 valence electrons. The Bertz CT molecular complexity index is 1080. The molecule has 2 N–H and O–H groups in total. The van der Waals surface area contributed by atoms with Crippen LogP contribution in [-0.4, -0.2) is 75.7 Å². The Morgan fingerprint density at radius 2 is 1.81 bits per heavy atom. The van der Waals surface area contributed by atoms with Gasteiger partial charge in [-0.15, -0.1) is 0 Å². The monoisotopic (exact) mass is 518 g/mol. The molecular formula is C26H32ClFN4O4. The summed E-state index contributed by atoms with van der Waals surface area (Å²) in [6, 6.07) is 10.0. The van der Waals surface area contributed by atoms with Gasteiger partial charge in [0.1, 0.15) is 22.9 Å². The number of amides is 2. The van der Waals surface area contributed by atoms with Gasteiger partial charge in [0.05, 0.1) is 26.3 Å². The Morgan fingerprint density at radius 3 is 2.44 bits per heavy atom. The predicted octanol–water partition coefficient (Wildman–Crippen LogP) is 2.63. The second-order valence-electron chi connectivity index (χ2n) is 9.07. The smallest absolute Gasteiger partial charge is 0.248 e. The standard InChI is InChI=1S/C26H32ClFN4O4/c1-35-18-6-7-22(23(16-18)36-2)31-12-14-32(15-13-31)25(34)26(8-10-29-11-9-26)30-24(33)17-19-20(27)4-3-5-21(19)28/h3-7,16,29H,8-15,17H2,1-2H3,(H,30,33). The van der Waals surface area contributed by atoms with Gasteiger partial charge in [0.25, 0.3) is 0 Å². The molecule has 0 saturated carbocycles. The second kappa shape index (κ2) is 11.3. The minimum Gasteiger partial charge on any atom is -0.497 e. The van der Waals surface area contributed by atoms with Crippen molar-refractivity contribution in [2.45, 2.75) is 24.8 Å². The van der Waals surface area contributed by atoms with E-state index in [0.717, 1.165) is 5.69 Å². The first-order valence-electron chi connectivity index (χ1n) is 12.1. The molecule has 0 atom stereocenters. The van der Waals surface area contributed by atoms with Crippen LogP contribution in [0, 0.1) is 5.82 Å². The zero-order chi connectivity index (χ0) is 25.7. The molecule has 4 rings (SSSR count). The minimum absolute atomic E-state index is 0.0988. The van der Waals surface area contributed by atoms with Gasteiger partial charge >= 0.3 is 0 Å². The Kier molecular flexibility index (Phi) is 8.21. The first-order valence-corrected chi connectivity index (χ1v) is 12.5. The number of methoxy groups -OCH3 is 2. The zero-order valence-corrected chi connectivity index (χ0v) is 21.4. The number of rotatable bonds is 7. The molecule has 10 heteroatoms. The molecule has 2 aromatic rings. The lowest BCUT2D eigenvalue weighted by Gasteiger charge is -2.44. The summed E-state index contributed by atoms with van der Waals surface area (Å²) in [5.41, 5.74) is 0.0485. The first-order chi connectivity index (χ1) is 17.4. The fourth-order valence-electron chi connectivity index (χ4n) is 4.92. The minimum atomic E-state index is -1.03. The van der Waals surface area contributed by atoms with Crippen molar-refractivity contribution in [1.29, 1.82) is 0 Å². The molecule has 2 amide bonds. The van der Waals surface area contributed by atoms with E-state index < -0.39 is 17.3 Å². The van der Waals surface area contributed by atoms with Crippen LogP contribution in [-0.2, 0) is 16.0 Å². The summed E-state index contributed by atoms with van der Waals surface area (Å²) in [4.78, 5) is 30.7. The van der Waals surface area contributed by atoms with Gasteiger partial charge in [-0.2, -0.15) is 0 Å². The maximum absolute atomic E-state index is 14.2. The van der Waals surface area contributed by atoms with E-state index in [2.05, 4.69) is 15.5 Å². The number of hydrogen-bond acceptors (Lipinski definition) is 6. The van der Waals surface area contributed by atoms with Crippen LogP contribution >= 0.6 is 11.6 Å². The number of ether oxygens (including phenoxy) is 2. The lowest BCUT2D eigenvalue weighted by Crippen LogP contribution is -2.65. The average molecular weight is 519 g/mol. The molecule has 2 fully saturated rings. The maximum atomic E-state index is 14.2. The number of carbonyl (C=O) groups is 2. The van der Waals surface area contributed by atoms with Crippen molar-refractivity contribution in [3.8, 4) is 11.5 Å². The van der Waals surface area contributed by atoms with E-state index >= 15 is 0 Å². The molecule has 0 radical (unpaired) electrons. The predicted molar refractivity (Wildman–Crippen MR) is 136 cm³/mol. The Morgan fingerprint density at radius 1 is 1.08 bits per heavy atom. The number of nitrogens with one attached hydrogen (secondary N) is 2. The highest BCUT2D eigenvalue weighted by atomic mass is 35.5. The molecule has 2 aromatic carbocycles. The summed E-state index contributed by atoms with van der Waals surface area (Å²) in [7, 11) is 3.23. The van der Waals surface area contributed by atoms with Crippen molar-refractivity contribution >= 4 is 29.1 Å². The van der Waals surface area contributed by atoms with E-state index in [-0.39, 0.29) is 22.9 Å². The number of halogens is 2. The molecule has 0 unspecified atom stereocenters. The second-order valence-corrected chi connectivity index (χ2v) is 9.48. The van der Waals surface area contributed by atoms with E-state index in [4.69, 9.17) is 21.1 Å². The highest BCUT2D eigenvalue weighted by Crippen LogP contribution is 2.33. The number of piperidine rings is 1. The quantitative estimate of drug-likeness (QED) is 0.586. The maximum Gasteiger partial charge on any atom is 0.248 e. The first kappa shape index (κ1) is 26.0. The Hall–Kier alpha value is -3.04. The summed E-state index contributed by atoms with van der Waals surface area (Å²) in [6.45, 7) is 3.49. The van der Waals surface area contributed by atoms with Crippen LogP contribution in [0.2, 0.25) is 5.02 Å². The average Bonchev–Trinajstić information content (AvgIpc) is 2.90. The molecule has 36 heavy (non-hydrogen) atoms. The molecular weight excluding hydrogens is 487 g/mol. The molecule has 0 aromatic heterocycles. The Balaban J connectivity index is 1.45. The highest BCUT2D eigenvalue weighted by Gasteiger charge is 2.44. The number of nitrogens with zero attached hydrogens (tertiary/aromatic N) is 2. The molecule has 0 bridgehead atoms. The van der Waals surface area contributed by atoms with E-state index in [1.807, 2.05) is 23.1 Å². The van der Waals surface area contributed by atoms with E-state index in [0.29, 0.717) is 63.6 Å². The number of anilines is 1. The number of piperazine rings is 1. The summed E-state index contributed by atoms with van der Waals surface area (Å²) >= 11 is 6.11. The molecule has 0 spiro atoms. The van der Waals surface area contributed by atoms with Gasteiger partial charge in [0, 0.05) is 42.8 Å². The molecule has 2 aliphatic heterocycles. The van der Waals surface area contributed by atoms with Gasteiger partial charge < -0.3 is 29.9 Å². The fraction of sp³-hybridized carbons (Fsp3) is 0.462. The van der Waals surface area contributed by atoms with Gasteiger partial charge in [-0.25, -0.2) is 4.39 Å². The molecule has 8 nitrogen and oxygen atoms in total. The van der Waals surface area contributed by atoms with Crippen LogP contribution in [0.5, 0.6) is 11.5 Å². The molecule has 2 heterocycles. The number of benzene rings is 2. The normalized spacial score (nSPS) is 17.4. The third-order valence-corrected chi connectivity index (χ3v) is 7.29. The van der Waals surface area contributed by atoms with Gasteiger partial charge in [0.15, 0.2) is 0 Å². The molecule has 0 aliphatic carbocycles.